The smallest absolute Gasteiger partial charge is 0.309 e. The van der Waals surface area contributed by atoms with Crippen molar-refractivity contribution in [2.75, 3.05) is 13.4 Å². The van der Waals surface area contributed by atoms with Crippen LogP contribution in [0.2, 0.25) is 0 Å². The maximum atomic E-state index is 11.9. The molecule has 1 rings (SSSR count). The zero-order valence-corrected chi connectivity index (χ0v) is 13.2. The summed E-state index contributed by atoms with van der Waals surface area (Å²) in [5.41, 5.74) is 0. The summed E-state index contributed by atoms with van der Waals surface area (Å²) in [6.45, 7) is 7.86. The summed E-state index contributed by atoms with van der Waals surface area (Å²) in [6, 6.07) is 0. The predicted octanol–water partition coefficient (Wildman–Crippen LogP) is 1.68. The van der Waals surface area contributed by atoms with E-state index in [1.807, 2.05) is 27.7 Å². The third-order valence-electron chi connectivity index (χ3n) is 4.59. The average molecular weight is 292 g/mol. The number of rotatable bonds is 3. The van der Waals surface area contributed by atoms with Crippen LogP contribution in [0.15, 0.2) is 0 Å². The van der Waals surface area contributed by atoms with Gasteiger partial charge in [0.25, 0.3) is 10.1 Å². The van der Waals surface area contributed by atoms with Gasteiger partial charge in [-0.25, -0.2) is 0 Å². The number of hydrogen-bond donors (Lipinski definition) is 0. The molecule has 6 unspecified atom stereocenters. The van der Waals surface area contributed by atoms with Crippen molar-refractivity contribution in [3.8, 4) is 0 Å². The summed E-state index contributed by atoms with van der Waals surface area (Å²) in [5.74, 6) is -0.420. The Balaban J connectivity index is 3.07. The second-order valence-electron chi connectivity index (χ2n) is 5.75. The fourth-order valence-electron chi connectivity index (χ4n) is 3.21. The van der Waals surface area contributed by atoms with Gasteiger partial charge in [-0.2, -0.15) is 8.42 Å². The fourth-order valence-corrected chi connectivity index (χ4v) is 3.96. The summed E-state index contributed by atoms with van der Waals surface area (Å²) < 4.78 is 32.8. The van der Waals surface area contributed by atoms with Crippen LogP contribution in [0, 0.1) is 29.6 Å². The molecular weight excluding hydrogens is 268 g/mol. The number of esters is 1. The van der Waals surface area contributed by atoms with E-state index in [1.54, 1.807) is 0 Å². The summed E-state index contributed by atoms with van der Waals surface area (Å²) in [6.07, 6.45) is 0.563. The highest BCUT2D eigenvalue weighted by molar-refractivity contribution is 7.86. The van der Waals surface area contributed by atoms with Crippen molar-refractivity contribution in [3.63, 3.8) is 0 Å². The molecule has 1 aliphatic carbocycles. The van der Waals surface area contributed by atoms with Gasteiger partial charge in [0.05, 0.1) is 25.4 Å². The molecule has 1 aliphatic rings. The largest absolute Gasteiger partial charge is 0.469 e. The summed E-state index contributed by atoms with van der Waals surface area (Å²) in [7, 11) is -2.18. The number of methoxy groups -OCH3 is 1. The molecule has 0 amide bonds. The Bertz CT molecular complexity index is 430. The van der Waals surface area contributed by atoms with E-state index in [0.717, 1.165) is 6.26 Å². The quantitative estimate of drug-likeness (QED) is 0.584. The maximum absolute atomic E-state index is 11.9. The number of carbonyl (C=O) groups excluding carboxylic acids is 1. The molecule has 0 radical (unpaired) electrons. The van der Waals surface area contributed by atoms with Crippen LogP contribution in [0.25, 0.3) is 0 Å². The molecule has 1 saturated carbocycles. The van der Waals surface area contributed by atoms with E-state index in [9.17, 15) is 13.2 Å². The number of carbonyl (C=O) groups is 1. The van der Waals surface area contributed by atoms with E-state index < -0.39 is 16.2 Å². The van der Waals surface area contributed by atoms with Gasteiger partial charge < -0.3 is 4.74 Å². The van der Waals surface area contributed by atoms with Gasteiger partial charge in [-0.05, 0) is 23.7 Å². The van der Waals surface area contributed by atoms with E-state index in [4.69, 9.17) is 8.92 Å². The van der Waals surface area contributed by atoms with Gasteiger partial charge in [0, 0.05) is 0 Å². The minimum absolute atomic E-state index is 0.0700. The molecule has 0 aromatic rings. The van der Waals surface area contributed by atoms with E-state index in [2.05, 4.69) is 0 Å². The van der Waals surface area contributed by atoms with Crippen molar-refractivity contribution in [2.24, 2.45) is 29.6 Å². The van der Waals surface area contributed by atoms with Crippen molar-refractivity contribution in [2.45, 2.75) is 33.8 Å². The molecule has 0 saturated heterocycles. The van der Waals surface area contributed by atoms with Crippen molar-refractivity contribution < 1.29 is 22.1 Å². The second-order valence-corrected chi connectivity index (χ2v) is 7.35. The van der Waals surface area contributed by atoms with Gasteiger partial charge in [0.15, 0.2) is 0 Å². The Labute approximate surface area is 115 Å². The number of ether oxygens (including phenoxy) is 1. The highest BCUT2D eigenvalue weighted by atomic mass is 32.2. The van der Waals surface area contributed by atoms with Crippen molar-refractivity contribution in [3.05, 3.63) is 0 Å². The Hall–Kier alpha value is -0.620. The zero-order chi connectivity index (χ0) is 15.0. The molecule has 112 valence electrons. The lowest BCUT2D eigenvalue weighted by molar-refractivity contribution is -0.157. The SMILES string of the molecule is COC(=O)C1C(C)C(C)C(C)C(OS(C)(=O)=O)C1C. The topological polar surface area (TPSA) is 69.7 Å². The molecule has 0 heterocycles. The molecule has 0 aromatic heterocycles. The molecule has 0 aliphatic heterocycles. The Kier molecular flexibility index (Phi) is 5.01. The van der Waals surface area contributed by atoms with Crippen LogP contribution in [0.5, 0.6) is 0 Å². The van der Waals surface area contributed by atoms with Gasteiger partial charge in [0.2, 0.25) is 0 Å². The first kappa shape index (κ1) is 16.4. The molecule has 0 aromatic carbocycles. The molecular formula is C13H24O5S. The van der Waals surface area contributed by atoms with Crippen LogP contribution in [0.3, 0.4) is 0 Å². The standard InChI is InChI=1S/C13H24O5S/c1-7-8(2)11(13(14)17-5)10(4)12(9(7)3)18-19(6,15)16/h7-12H,1-6H3. The highest BCUT2D eigenvalue weighted by Gasteiger charge is 2.48. The van der Waals surface area contributed by atoms with E-state index in [-0.39, 0.29) is 35.6 Å². The van der Waals surface area contributed by atoms with Gasteiger partial charge in [0.1, 0.15) is 0 Å². The monoisotopic (exact) mass is 292 g/mol. The van der Waals surface area contributed by atoms with Gasteiger partial charge in [-0.15, -0.1) is 0 Å². The molecule has 0 bridgehead atoms. The fraction of sp³-hybridized carbons (Fsp3) is 0.923. The molecule has 1 fully saturated rings. The van der Waals surface area contributed by atoms with Crippen LogP contribution in [-0.2, 0) is 23.8 Å². The third-order valence-corrected chi connectivity index (χ3v) is 5.16. The molecule has 0 spiro atoms. The Morgan fingerprint density at radius 2 is 1.47 bits per heavy atom. The molecule has 6 atom stereocenters. The molecule has 5 nitrogen and oxygen atoms in total. The van der Waals surface area contributed by atoms with Crippen LogP contribution in [0.1, 0.15) is 27.7 Å². The Morgan fingerprint density at radius 3 is 1.89 bits per heavy atom. The lowest BCUT2D eigenvalue weighted by Crippen LogP contribution is -2.50. The van der Waals surface area contributed by atoms with Crippen LogP contribution in [0.4, 0.5) is 0 Å². The van der Waals surface area contributed by atoms with E-state index in [1.165, 1.54) is 7.11 Å². The lowest BCUT2D eigenvalue weighted by atomic mass is 9.62. The molecule has 19 heavy (non-hydrogen) atoms. The van der Waals surface area contributed by atoms with Crippen molar-refractivity contribution >= 4 is 16.1 Å². The maximum Gasteiger partial charge on any atom is 0.309 e. The van der Waals surface area contributed by atoms with E-state index >= 15 is 0 Å². The van der Waals surface area contributed by atoms with Crippen molar-refractivity contribution in [1.29, 1.82) is 0 Å². The van der Waals surface area contributed by atoms with Crippen LogP contribution < -0.4 is 0 Å². The van der Waals surface area contributed by atoms with E-state index in [0.29, 0.717) is 0 Å². The highest BCUT2D eigenvalue weighted by Crippen LogP contribution is 2.44. The molecule has 6 heteroatoms. The first-order valence-corrected chi connectivity index (χ1v) is 8.38. The molecule has 0 N–H and O–H groups in total. The summed E-state index contributed by atoms with van der Waals surface area (Å²) in [4.78, 5) is 11.9. The minimum atomic E-state index is -3.54. The number of hydrogen-bond acceptors (Lipinski definition) is 5. The lowest BCUT2D eigenvalue weighted by Gasteiger charge is -2.45. The first-order chi connectivity index (χ1) is 8.60. The summed E-state index contributed by atoms with van der Waals surface area (Å²) in [5, 5.41) is 0. The van der Waals surface area contributed by atoms with Gasteiger partial charge >= 0.3 is 5.97 Å². The first-order valence-electron chi connectivity index (χ1n) is 6.56. The summed E-state index contributed by atoms with van der Waals surface area (Å²) >= 11 is 0. The third kappa shape index (κ3) is 3.48. The average Bonchev–Trinajstić information content (AvgIpc) is 2.31. The Morgan fingerprint density at radius 1 is 0.947 bits per heavy atom. The van der Waals surface area contributed by atoms with Crippen molar-refractivity contribution in [1.82, 2.24) is 0 Å². The van der Waals surface area contributed by atoms with Crippen LogP contribution in [-0.4, -0.2) is 33.9 Å². The second kappa shape index (κ2) is 5.79. The normalized spacial score (nSPS) is 39.9. The minimum Gasteiger partial charge on any atom is -0.469 e. The predicted molar refractivity (Wildman–Crippen MR) is 71.9 cm³/mol. The van der Waals surface area contributed by atoms with Gasteiger partial charge in [-0.3, -0.25) is 8.98 Å². The van der Waals surface area contributed by atoms with Crippen LogP contribution >= 0.6 is 0 Å². The van der Waals surface area contributed by atoms with Gasteiger partial charge in [-0.1, -0.05) is 27.7 Å². The zero-order valence-electron chi connectivity index (χ0n) is 12.4.